The fraction of sp³-hybridized carbons (Fsp3) is 0.433. The summed E-state index contributed by atoms with van der Waals surface area (Å²) in [5.74, 6) is -0.785. The van der Waals surface area contributed by atoms with E-state index in [0.717, 1.165) is 5.56 Å². The maximum absolute atomic E-state index is 14.2. The van der Waals surface area contributed by atoms with Crippen molar-refractivity contribution in [1.29, 1.82) is 0 Å². The van der Waals surface area contributed by atoms with Crippen molar-refractivity contribution in [3.05, 3.63) is 77.9 Å². The lowest BCUT2D eigenvalue weighted by Gasteiger charge is -2.35. The number of aromatic hydroxyl groups is 1. The Morgan fingerprint density at radius 3 is 2.21 bits per heavy atom. The van der Waals surface area contributed by atoms with Gasteiger partial charge < -0.3 is 25.4 Å². The second-order valence-corrected chi connectivity index (χ2v) is 11.4. The van der Waals surface area contributed by atoms with E-state index in [4.69, 9.17) is 4.74 Å². The van der Waals surface area contributed by atoms with E-state index < -0.39 is 41.1 Å². The van der Waals surface area contributed by atoms with Gasteiger partial charge in [-0.15, -0.1) is 6.58 Å². The highest BCUT2D eigenvalue weighted by Crippen LogP contribution is 2.28. The van der Waals surface area contributed by atoms with Gasteiger partial charge in [0.1, 0.15) is 23.4 Å². The molecule has 38 heavy (non-hydrogen) atoms. The summed E-state index contributed by atoms with van der Waals surface area (Å²) in [6.45, 7) is 16.3. The number of phenolic OH excluding ortho intramolecular Hbond substituents is 1. The average Bonchev–Trinajstić information content (AvgIpc) is 2.78. The Kier molecular flexibility index (Phi) is 10.1. The minimum Gasteiger partial charge on any atom is -0.508 e. The van der Waals surface area contributed by atoms with Crippen LogP contribution in [0.5, 0.6) is 5.75 Å². The monoisotopic (exact) mass is 523 g/mol. The predicted molar refractivity (Wildman–Crippen MR) is 149 cm³/mol. The molecule has 0 bridgehead atoms. The first kappa shape index (κ1) is 30.4. The topological polar surface area (TPSA) is 108 Å². The Labute approximate surface area is 226 Å². The number of nitrogens with one attached hydrogen (secondary N) is 2. The van der Waals surface area contributed by atoms with Crippen LogP contribution in [0.1, 0.15) is 64.3 Å². The number of phenols is 1. The zero-order valence-electron chi connectivity index (χ0n) is 23.5. The van der Waals surface area contributed by atoms with Crippen molar-refractivity contribution in [3.63, 3.8) is 0 Å². The maximum Gasteiger partial charge on any atom is 0.408 e. The first-order valence-electron chi connectivity index (χ1n) is 12.7. The molecule has 3 N–H and O–H groups in total. The van der Waals surface area contributed by atoms with E-state index >= 15 is 0 Å². The molecule has 2 rings (SSSR count). The molecule has 8 nitrogen and oxygen atoms in total. The number of rotatable bonds is 9. The van der Waals surface area contributed by atoms with E-state index in [1.165, 1.54) is 17.0 Å². The molecule has 0 aliphatic carbocycles. The van der Waals surface area contributed by atoms with Gasteiger partial charge in [0.2, 0.25) is 11.8 Å². The molecule has 3 amide bonds. The Balaban J connectivity index is 2.57. The Hall–Kier alpha value is -3.81. The zero-order valence-corrected chi connectivity index (χ0v) is 23.5. The van der Waals surface area contributed by atoms with E-state index in [9.17, 15) is 19.5 Å². The maximum atomic E-state index is 14.2. The van der Waals surface area contributed by atoms with Crippen LogP contribution in [-0.4, -0.2) is 51.6 Å². The van der Waals surface area contributed by atoms with Gasteiger partial charge in [0.05, 0.1) is 0 Å². The molecule has 0 saturated heterocycles. The first-order valence-corrected chi connectivity index (χ1v) is 12.7. The summed E-state index contributed by atoms with van der Waals surface area (Å²) in [4.78, 5) is 42.0. The van der Waals surface area contributed by atoms with Crippen molar-refractivity contribution in [1.82, 2.24) is 15.5 Å². The van der Waals surface area contributed by atoms with E-state index in [0.29, 0.717) is 11.1 Å². The van der Waals surface area contributed by atoms with Crippen LogP contribution < -0.4 is 10.6 Å². The lowest BCUT2D eigenvalue weighted by atomic mass is 9.97. The number of alkyl carbamates (subject to hydrolysis) is 1. The quantitative estimate of drug-likeness (QED) is 0.409. The summed E-state index contributed by atoms with van der Waals surface area (Å²) in [5.41, 5.74) is 0.589. The molecule has 0 radical (unpaired) electrons. The summed E-state index contributed by atoms with van der Waals surface area (Å²) in [6, 6.07) is 12.0. The van der Waals surface area contributed by atoms with Gasteiger partial charge in [-0.05, 0) is 77.3 Å². The number of hydrogen-bond acceptors (Lipinski definition) is 5. The molecule has 0 fully saturated rings. The molecular weight excluding hydrogens is 482 g/mol. The molecule has 206 valence electrons. The molecule has 0 aromatic heterocycles. The molecule has 8 heteroatoms. The van der Waals surface area contributed by atoms with Gasteiger partial charge in [-0.3, -0.25) is 9.59 Å². The molecular formula is C30H41N3O5. The van der Waals surface area contributed by atoms with E-state index in [1.807, 2.05) is 51.1 Å². The summed E-state index contributed by atoms with van der Waals surface area (Å²) in [5, 5.41) is 15.8. The van der Waals surface area contributed by atoms with Crippen LogP contribution in [0.4, 0.5) is 4.79 Å². The third-order valence-electron chi connectivity index (χ3n) is 5.48. The van der Waals surface area contributed by atoms with Gasteiger partial charge in [-0.2, -0.15) is 0 Å². The van der Waals surface area contributed by atoms with Crippen molar-refractivity contribution in [2.45, 2.75) is 78.1 Å². The van der Waals surface area contributed by atoms with Gasteiger partial charge in [0.15, 0.2) is 0 Å². The van der Waals surface area contributed by atoms with E-state index in [2.05, 4.69) is 17.2 Å². The van der Waals surface area contributed by atoms with Crippen LogP contribution in [-0.2, 0) is 20.7 Å². The number of carbonyl (C=O) groups is 3. The number of ether oxygens (including phenoxy) is 1. The highest BCUT2D eigenvalue weighted by molar-refractivity contribution is 5.92. The molecule has 2 aromatic carbocycles. The third-order valence-corrected chi connectivity index (χ3v) is 5.48. The van der Waals surface area contributed by atoms with Crippen molar-refractivity contribution in [2.75, 3.05) is 6.54 Å². The SMILES string of the molecule is C=CCN(C(=O)C(Cc1ccccc1)NC(=O)OC(C)(C)C)C(C(=O)NC(C)(C)C)c1ccc(O)c(C)c1. The summed E-state index contributed by atoms with van der Waals surface area (Å²) in [6.07, 6.45) is 0.992. The van der Waals surface area contributed by atoms with Gasteiger partial charge in [0, 0.05) is 18.5 Å². The van der Waals surface area contributed by atoms with Crippen molar-refractivity contribution < 1.29 is 24.2 Å². The number of amides is 3. The molecule has 2 aromatic rings. The summed E-state index contributed by atoms with van der Waals surface area (Å²) in [7, 11) is 0. The average molecular weight is 524 g/mol. The van der Waals surface area contributed by atoms with Gasteiger partial charge in [0.25, 0.3) is 0 Å². The van der Waals surface area contributed by atoms with Crippen molar-refractivity contribution in [2.24, 2.45) is 0 Å². The lowest BCUT2D eigenvalue weighted by molar-refractivity contribution is -0.142. The second kappa shape index (κ2) is 12.6. The van der Waals surface area contributed by atoms with Crippen molar-refractivity contribution in [3.8, 4) is 5.75 Å². The third kappa shape index (κ3) is 9.25. The summed E-state index contributed by atoms with van der Waals surface area (Å²) < 4.78 is 5.44. The smallest absolute Gasteiger partial charge is 0.408 e. The van der Waals surface area contributed by atoms with Gasteiger partial charge in [-0.1, -0.05) is 42.5 Å². The highest BCUT2D eigenvalue weighted by Gasteiger charge is 2.37. The van der Waals surface area contributed by atoms with Crippen LogP contribution >= 0.6 is 0 Å². The number of nitrogens with zero attached hydrogens (tertiary/aromatic N) is 1. The molecule has 2 unspecified atom stereocenters. The Bertz CT molecular complexity index is 1130. The Morgan fingerprint density at radius 2 is 1.68 bits per heavy atom. The molecule has 0 aliphatic heterocycles. The lowest BCUT2D eigenvalue weighted by Crippen LogP contribution is -2.55. The zero-order chi connectivity index (χ0) is 28.7. The number of hydrogen-bond donors (Lipinski definition) is 3. The Morgan fingerprint density at radius 1 is 1.05 bits per heavy atom. The fourth-order valence-corrected chi connectivity index (χ4v) is 3.92. The normalized spacial score (nSPS) is 13.1. The predicted octanol–water partition coefficient (Wildman–Crippen LogP) is 4.81. The number of aryl methyl sites for hydroxylation is 1. The minimum atomic E-state index is -1.04. The molecule has 0 heterocycles. The van der Waals surface area contributed by atoms with Crippen LogP contribution in [0, 0.1) is 6.92 Å². The van der Waals surface area contributed by atoms with Gasteiger partial charge in [-0.25, -0.2) is 4.79 Å². The number of benzene rings is 2. The van der Waals surface area contributed by atoms with Crippen LogP contribution in [0.25, 0.3) is 0 Å². The molecule has 2 atom stereocenters. The number of carbonyl (C=O) groups excluding carboxylic acids is 3. The largest absolute Gasteiger partial charge is 0.508 e. The van der Waals surface area contributed by atoms with Crippen molar-refractivity contribution >= 4 is 17.9 Å². The first-order chi connectivity index (χ1) is 17.6. The molecule has 0 aliphatic rings. The molecule has 0 spiro atoms. The minimum absolute atomic E-state index is 0.0439. The van der Waals surface area contributed by atoms with Crippen LogP contribution in [0.2, 0.25) is 0 Å². The van der Waals surface area contributed by atoms with E-state index in [1.54, 1.807) is 39.8 Å². The van der Waals surface area contributed by atoms with Crippen LogP contribution in [0.15, 0.2) is 61.2 Å². The van der Waals surface area contributed by atoms with Crippen LogP contribution in [0.3, 0.4) is 0 Å². The molecule has 0 saturated carbocycles. The summed E-state index contributed by atoms with van der Waals surface area (Å²) >= 11 is 0. The standard InChI is InChI=1S/C30H41N3O5/c1-9-17-33(25(26(35)32-29(3,4)5)22-15-16-24(34)20(2)18-22)27(36)23(19-21-13-11-10-12-14-21)31-28(37)38-30(6,7)8/h9-16,18,23,25,34H,1,17,19H2,2-8H3,(H,31,37)(H,32,35). The van der Waals surface area contributed by atoms with E-state index in [-0.39, 0.29) is 18.7 Å². The van der Waals surface area contributed by atoms with Gasteiger partial charge >= 0.3 is 6.09 Å². The fourth-order valence-electron chi connectivity index (χ4n) is 3.92. The highest BCUT2D eigenvalue weighted by atomic mass is 16.6. The second-order valence-electron chi connectivity index (χ2n) is 11.4.